The number of fused-ring (bicyclic) bond motifs is 14. The molecule has 0 aliphatic heterocycles. The molecule has 1 atom stereocenters. The molecule has 6 heteroatoms. The zero-order valence-electron chi connectivity index (χ0n) is 41.5. The van der Waals surface area contributed by atoms with Crippen molar-refractivity contribution >= 4 is 43.1 Å². The highest BCUT2D eigenvalue weighted by atomic mass is 15.3. The van der Waals surface area contributed by atoms with Crippen LogP contribution in [0.4, 0.5) is 0 Å². The molecule has 356 valence electrons. The van der Waals surface area contributed by atoms with Crippen LogP contribution in [0.5, 0.6) is 0 Å². The molecule has 2 heterocycles. The van der Waals surface area contributed by atoms with E-state index in [-0.39, 0.29) is 0 Å². The highest BCUT2D eigenvalue weighted by molar-refractivity contribution is 6.00. The monoisotopic (exact) mass is 979 g/mol. The van der Waals surface area contributed by atoms with Crippen LogP contribution in [-0.4, -0.2) is 25.0 Å². The summed E-state index contributed by atoms with van der Waals surface area (Å²) in [6.45, 7) is 0. The van der Waals surface area contributed by atoms with Gasteiger partial charge in [0.2, 0.25) is 17.7 Å². The third kappa shape index (κ3) is 6.55. The van der Waals surface area contributed by atoms with E-state index in [9.17, 15) is 0 Å². The van der Waals surface area contributed by atoms with Gasteiger partial charge in [0.15, 0.2) is 17.5 Å². The van der Waals surface area contributed by atoms with Gasteiger partial charge in [0.1, 0.15) is 5.69 Å². The number of hydrogen-bond donors (Lipinski definition) is 0. The third-order valence-corrected chi connectivity index (χ3v) is 16.1. The predicted octanol–water partition coefficient (Wildman–Crippen LogP) is 16.2. The molecule has 16 rings (SSSR count). The smallest absolute Gasteiger partial charge is 0.216 e. The van der Waals surface area contributed by atoms with Gasteiger partial charge in [-0.1, -0.05) is 231 Å². The van der Waals surface area contributed by atoms with E-state index in [4.69, 9.17) is 25.0 Å². The maximum atomic E-state index is 5.51. The highest BCUT2D eigenvalue weighted by Crippen LogP contribution is 2.63. The molecular weight excluding hydrogens is 937 g/mol. The van der Waals surface area contributed by atoms with Crippen molar-refractivity contribution in [3.05, 3.63) is 283 Å². The average molecular weight is 980 g/mol. The van der Waals surface area contributed by atoms with Gasteiger partial charge in [-0.05, 0) is 105 Å². The second-order valence-corrected chi connectivity index (χ2v) is 20.1. The summed E-state index contributed by atoms with van der Waals surface area (Å²) >= 11 is 0. The molecule has 1 spiro atoms. The van der Waals surface area contributed by atoms with E-state index in [1.807, 2.05) is 4.68 Å². The Morgan fingerprint density at radius 1 is 0.273 bits per heavy atom. The Hall–Kier alpha value is -10.3. The number of hydrogen-bond acceptors (Lipinski definition) is 5. The van der Waals surface area contributed by atoms with Crippen LogP contribution in [-0.2, 0) is 5.41 Å². The number of benzene rings is 12. The Morgan fingerprint density at radius 3 is 1.22 bits per heavy atom. The lowest BCUT2D eigenvalue weighted by molar-refractivity contribution is -0.657. The molecule has 0 N–H and O–H groups in total. The summed E-state index contributed by atoms with van der Waals surface area (Å²) in [5.74, 6) is 2.49. The van der Waals surface area contributed by atoms with E-state index in [1.54, 1.807) is 0 Å². The fourth-order valence-electron chi connectivity index (χ4n) is 12.6. The summed E-state index contributed by atoms with van der Waals surface area (Å²) in [5, 5.41) is 14.4. The minimum Gasteiger partial charge on any atom is -0.216 e. The maximum Gasteiger partial charge on any atom is 0.246 e. The SMILES string of the molecule is c1ccc2c(c1)-c1ccc(-c3nc(-c4cccc5ccccc45)nc(-c4cccc5ccccc45)n3)cc1C21c2ccccc2-c2ccc(-c3nc(-c4cccc5ccccc45)c[n+](-c4cccc5ccccc45)n3)cc21. The standard InChI is InChI=1S/C71H43N6/c1-5-25-50-44(17-1)21-13-31-58(50)65-43-77(66-36-16-24-47-20-4-8-28-53(47)66)76-68(72-65)49-38-40-57-55-30-10-12-35-62(55)71(64(57)42-49)61-34-11-9-29-54(61)56-39-37-48(41-63(56)71)67-73-69(59-32-14-22-45-18-2-6-26-51(45)59)75-70(74-67)60-33-15-23-46-19-3-7-27-52(46)60/h1-43H/q+1. The van der Waals surface area contributed by atoms with Crippen LogP contribution in [0.3, 0.4) is 0 Å². The largest absolute Gasteiger partial charge is 0.246 e. The highest BCUT2D eigenvalue weighted by Gasteiger charge is 2.52. The molecule has 6 nitrogen and oxygen atoms in total. The van der Waals surface area contributed by atoms with E-state index in [1.165, 1.54) is 44.5 Å². The van der Waals surface area contributed by atoms with E-state index >= 15 is 0 Å². The summed E-state index contributed by atoms with van der Waals surface area (Å²) in [6, 6.07) is 91.1. The topological polar surface area (TPSA) is 68.3 Å². The van der Waals surface area contributed by atoms with E-state index in [0.717, 1.165) is 82.3 Å². The third-order valence-electron chi connectivity index (χ3n) is 16.1. The lowest BCUT2D eigenvalue weighted by Gasteiger charge is -2.31. The lowest BCUT2D eigenvalue weighted by atomic mass is 9.70. The lowest BCUT2D eigenvalue weighted by Crippen LogP contribution is -2.36. The van der Waals surface area contributed by atoms with Gasteiger partial charge in [-0.15, -0.1) is 0 Å². The number of rotatable bonds is 6. The molecule has 0 fully saturated rings. The number of nitrogens with zero attached hydrogens (tertiary/aromatic N) is 6. The van der Waals surface area contributed by atoms with Gasteiger partial charge in [-0.25, -0.2) is 19.9 Å². The van der Waals surface area contributed by atoms with Gasteiger partial charge in [-0.3, -0.25) is 0 Å². The molecule has 2 aliphatic carbocycles. The van der Waals surface area contributed by atoms with Crippen molar-refractivity contribution in [3.8, 4) is 84.7 Å². The fraction of sp³-hybridized carbons (Fsp3) is 0.0141. The minimum atomic E-state index is -0.702. The van der Waals surface area contributed by atoms with Crippen LogP contribution in [0.15, 0.2) is 261 Å². The van der Waals surface area contributed by atoms with Crippen molar-refractivity contribution < 1.29 is 4.68 Å². The predicted molar refractivity (Wildman–Crippen MR) is 310 cm³/mol. The van der Waals surface area contributed by atoms with E-state index in [2.05, 4.69) is 261 Å². The van der Waals surface area contributed by atoms with E-state index in [0.29, 0.717) is 23.3 Å². The molecule has 14 aromatic rings. The second-order valence-electron chi connectivity index (χ2n) is 20.1. The molecule has 12 aromatic carbocycles. The van der Waals surface area contributed by atoms with Crippen molar-refractivity contribution in [3.63, 3.8) is 0 Å². The van der Waals surface area contributed by atoms with Gasteiger partial charge in [0, 0.05) is 39.0 Å². The maximum absolute atomic E-state index is 5.51. The molecule has 77 heavy (non-hydrogen) atoms. The summed E-state index contributed by atoms with van der Waals surface area (Å²) in [7, 11) is 0. The van der Waals surface area contributed by atoms with Crippen molar-refractivity contribution in [2.45, 2.75) is 5.41 Å². The molecule has 0 saturated carbocycles. The van der Waals surface area contributed by atoms with Gasteiger partial charge in [0.25, 0.3) is 0 Å². The summed E-state index contributed by atoms with van der Waals surface area (Å²) in [4.78, 5) is 21.7. The van der Waals surface area contributed by atoms with Crippen molar-refractivity contribution in [2.75, 3.05) is 0 Å². The summed E-state index contributed by atoms with van der Waals surface area (Å²) in [6.07, 6.45) is 2.08. The zero-order chi connectivity index (χ0) is 50.6. The van der Waals surface area contributed by atoms with Gasteiger partial charge in [-0.2, -0.15) is 0 Å². The Kier molecular flexibility index (Phi) is 9.45. The average Bonchev–Trinajstić information content (AvgIpc) is 4.18. The Labute approximate surface area is 444 Å². The fourth-order valence-corrected chi connectivity index (χ4v) is 12.6. The molecule has 0 saturated heterocycles. The van der Waals surface area contributed by atoms with Crippen LogP contribution >= 0.6 is 0 Å². The van der Waals surface area contributed by atoms with E-state index < -0.39 is 5.41 Å². The van der Waals surface area contributed by atoms with Crippen LogP contribution in [0.25, 0.3) is 128 Å². The first-order valence-corrected chi connectivity index (χ1v) is 26.1. The Morgan fingerprint density at radius 2 is 0.662 bits per heavy atom. The van der Waals surface area contributed by atoms with Crippen LogP contribution in [0, 0.1) is 0 Å². The molecule has 2 aliphatic rings. The quantitative estimate of drug-likeness (QED) is 0.155. The van der Waals surface area contributed by atoms with Crippen LogP contribution < -0.4 is 4.68 Å². The van der Waals surface area contributed by atoms with Crippen molar-refractivity contribution in [2.24, 2.45) is 0 Å². The minimum absolute atomic E-state index is 0.608. The molecule has 0 radical (unpaired) electrons. The van der Waals surface area contributed by atoms with Crippen molar-refractivity contribution in [1.82, 2.24) is 25.0 Å². The van der Waals surface area contributed by atoms with Gasteiger partial charge in [0.05, 0.1) is 10.8 Å². The van der Waals surface area contributed by atoms with Crippen LogP contribution in [0.1, 0.15) is 22.3 Å². The molecule has 2 aromatic heterocycles. The van der Waals surface area contributed by atoms with Crippen molar-refractivity contribution in [1.29, 1.82) is 0 Å². The molecule has 0 bridgehead atoms. The molecular formula is C71H43N6+. The summed E-state index contributed by atoms with van der Waals surface area (Å²) < 4.78 is 2.03. The number of aromatic nitrogens is 6. The zero-order valence-corrected chi connectivity index (χ0v) is 41.5. The first-order valence-electron chi connectivity index (χ1n) is 26.1. The normalized spacial score (nSPS) is 14.0. The first-order chi connectivity index (χ1) is 38.2. The van der Waals surface area contributed by atoms with Gasteiger partial charge < -0.3 is 0 Å². The van der Waals surface area contributed by atoms with Crippen LogP contribution in [0.2, 0.25) is 0 Å². The first kappa shape index (κ1) is 43.1. The Balaban J connectivity index is 0.933. The molecule has 1 unspecified atom stereocenters. The van der Waals surface area contributed by atoms with Gasteiger partial charge >= 0.3 is 0 Å². The Bertz CT molecular complexity index is 4270. The molecule has 0 amide bonds. The second kappa shape index (κ2) is 16.9. The summed E-state index contributed by atoms with van der Waals surface area (Å²) in [5.41, 5.74) is 15.5.